The van der Waals surface area contributed by atoms with Gasteiger partial charge in [-0.3, -0.25) is 0 Å². The summed E-state index contributed by atoms with van der Waals surface area (Å²) in [6.45, 7) is 17.4. The number of rotatable bonds is 6. The zero-order valence-electron chi connectivity index (χ0n) is 11.5. The Morgan fingerprint density at radius 3 is 2.21 bits per heavy atom. The highest BCUT2D eigenvalue weighted by atomic mass is 14.1. The molecular weight excluding hydrogens is 228 g/mol. The molecule has 0 heteroatoms. The molecule has 0 unspecified atom stereocenters. The van der Waals surface area contributed by atoms with Gasteiger partial charge in [-0.05, 0) is 29.2 Å². The Balaban J connectivity index is 3.51. The molecule has 0 radical (unpaired) electrons. The minimum absolute atomic E-state index is 1.02. The van der Waals surface area contributed by atoms with Gasteiger partial charge in [-0.2, -0.15) is 0 Å². The van der Waals surface area contributed by atoms with Gasteiger partial charge in [0.25, 0.3) is 0 Å². The predicted octanol–water partition coefficient (Wildman–Crippen LogP) is 5.51. The molecule has 0 atom stereocenters. The van der Waals surface area contributed by atoms with Crippen LogP contribution in [0.3, 0.4) is 0 Å². The van der Waals surface area contributed by atoms with Crippen molar-refractivity contribution in [1.29, 1.82) is 0 Å². The van der Waals surface area contributed by atoms with Crippen LogP contribution in [0.25, 0.3) is 11.6 Å². The molecular formula is C19H20. The van der Waals surface area contributed by atoms with Crippen molar-refractivity contribution in [2.45, 2.75) is 6.92 Å². The Morgan fingerprint density at radius 2 is 1.68 bits per heavy atom. The molecule has 96 valence electrons. The van der Waals surface area contributed by atoms with Gasteiger partial charge in [-0.15, -0.1) is 0 Å². The fourth-order valence-electron chi connectivity index (χ4n) is 1.95. The maximum atomic E-state index is 3.89. The Morgan fingerprint density at radius 1 is 1.00 bits per heavy atom. The summed E-state index contributed by atoms with van der Waals surface area (Å²) >= 11 is 0. The summed E-state index contributed by atoms with van der Waals surface area (Å²) in [6.07, 6.45) is 11.2. The number of hydrogen-bond donors (Lipinski definition) is 0. The molecule has 1 aromatic rings. The van der Waals surface area contributed by atoms with Crippen LogP contribution in [0.4, 0.5) is 0 Å². The van der Waals surface area contributed by atoms with Crippen molar-refractivity contribution < 1.29 is 0 Å². The standard InChI is InChI=1S/C19H20/c1-6-10-16(8-3)18(11-7-2)19-13-12-15(5)14-17(19)9-4/h6-14H,1-4H2,5H3/b16-10-,18-11+. The third-order valence-electron chi connectivity index (χ3n) is 2.83. The Hall–Kier alpha value is -2.34. The Labute approximate surface area is 116 Å². The highest BCUT2D eigenvalue weighted by Gasteiger charge is 2.08. The van der Waals surface area contributed by atoms with Crippen LogP contribution in [0.15, 0.2) is 80.5 Å². The van der Waals surface area contributed by atoms with Crippen LogP contribution >= 0.6 is 0 Å². The third-order valence-corrected chi connectivity index (χ3v) is 2.83. The van der Waals surface area contributed by atoms with Crippen molar-refractivity contribution in [3.05, 3.63) is 97.2 Å². The summed E-state index contributed by atoms with van der Waals surface area (Å²) in [5.41, 5.74) is 5.52. The number of aryl methyl sites for hydroxylation is 1. The van der Waals surface area contributed by atoms with Crippen molar-refractivity contribution in [3.8, 4) is 0 Å². The van der Waals surface area contributed by atoms with E-state index < -0.39 is 0 Å². The van der Waals surface area contributed by atoms with E-state index in [1.807, 2.05) is 24.3 Å². The van der Waals surface area contributed by atoms with Crippen LogP contribution in [0.2, 0.25) is 0 Å². The molecule has 0 N–H and O–H groups in total. The van der Waals surface area contributed by atoms with Gasteiger partial charge in [0.15, 0.2) is 0 Å². The van der Waals surface area contributed by atoms with Gasteiger partial charge >= 0.3 is 0 Å². The lowest BCUT2D eigenvalue weighted by molar-refractivity contribution is 1.43. The lowest BCUT2D eigenvalue weighted by Crippen LogP contribution is -1.92. The second-order valence-electron chi connectivity index (χ2n) is 4.17. The van der Waals surface area contributed by atoms with E-state index in [-0.39, 0.29) is 0 Å². The second-order valence-corrected chi connectivity index (χ2v) is 4.17. The van der Waals surface area contributed by atoms with Crippen LogP contribution in [0.1, 0.15) is 16.7 Å². The maximum Gasteiger partial charge on any atom is -0.0105 e. The van der Waals surface area contributed by atoms with Gasteiger partial charge in [0.2, 0.25) is 0 Å². The molecule has 0 saturated heterocycles. The highest BCUT2D eigenvalue weighted by molar-refractivity contribution is 5.86. The topological polar surface area (TPSA) is 0 Å². The largest absolute Gasteiger partial charge is 0.0990 e. The van der Waals surface area contributed by atoms with Gasteiger partial charge in [-0.1, -0.05) is 86.5 Å². The highest BCUT2D eigenvalue weighted by Crippen LogP contribution is 2.28. The van der Waals surface area contributed by atoms with E-state index >= 15 is 0 Å². The average Bonchev–Trinajstić information content (AvgIpc) is 2.43. The number of hydrogen-bond acceptors (Lipinski definition) is 0. The molecule has 0 aliphatic rings. The molecule has 19 heavy (non-hydrogen) atoms. The summed E-state index contributed by atoms with van der Waals surface area (Å²) < 4.78 is 0. The lowest BCUT2D eigenvalue weighted by atomic mass is 9.92. The maximum absolute atomic E-state index is 3.89. The van der Waals surface area contributed by atoms with Crippen LogP contribution < -0.4 is 0 Å². The first-order valence-electron chi connectivity index (χ1n) is 6.19. The number of benzene rings is 1. The van der Waals surface area contributed by atoms with Crippen LogP contribution in [0, 0.1) is 6.92 Å². The van der Waals surface area contributed by atoms with E-state index in [0.717, 1.165) is 22.3 Å². The summed E-state index contributed by atoms with van der Waals surface area (Å²) in [4.78, 5) is 0. The molecule has 0 amide bonds. The van der Waals surface area contributed by atoms with E-state index in [9.17, 15) is 0 Å². The van der Waals surface area contributed by atoms with Crippen LogP contribution in [-0.2, 0) is 0 Å². The molecule has 0 heterocycles. The van der Waals surface area contributed by atoms with Crippen molar-refractivity contribution in [1.82, 2.24) is 0 Å². The fraction of sp³-hybridized carbons (Fsp3) is 0.0526. The lowest BCUT2D eigenvalue weighted by Gasteiger charge is -2.12. The summed E-state index contributed by atoms with van der Waals surface area (Å²) in [6, 6.07) is 6.31. The van der Waals surface area contributed by atoms with Gasteiger partial charge < -0.3 is 0 Å². The first-order chi connectivity index (χ1) is 9.17. The van der Waals surface area contributed by atoms with Gasteiger partial charge in [0.05, 0.1) is 0 Å². The zero-order valence-corrected chi connectivity index (χ0v) is 11.5. The SMILES string of the molecule is C=C/C=C(C=C)\C(=C/C=C)c1ccc(C)cc1C=C. The Bertz CT molecular complexity index is 566. The molecule has 0 bridgehead atoms. The van der Waals surface area contributed by atoms with Crippen molar-refractivity contribution in [2.75, 3.05) is 0 Å². The minimum Gasteiger partial charge on any atom is -0.0990 e. The first kappa shape index (κ1) is 14.7. The predicted molar refractivity (Wildman–Crippen MR) is 87.9 cm³/mol. The van der Waals surface area contributed by atoms with Crippen molar-refractivity contribution >= 4 is 11.6 Å². The van der Waals surface area contributed by atoms with Crippen molar-refractivity contribution in [2.24, 2.45) is 0 Å². The molecule has 0 aliphatic carbocycles. The molecule has 0 nitrogen and oxygen atoms in total. The van der Waals surface area contributed by atoms with Gasteiger partial charge in [0, 0.05) is 0 Å². The average molecular weight is 248 g/mol. The van der Waals surface area contributed by atoms with Crippen LogP contribution in [0.5, 0.6) is 0 Å². The number of allylic oxidation sites excluding steroid dienone is 7. The van der Waals surface area contributed by atoms with E-state index in [2.05, 4.69) is 51.4 Å². The first-order valence-corrected chi connectivity index (χ1v) is 6.19. The summed E-state index contributed by atoms with van der Waals surface area (Å²) in [5.74, 6) is 0. The third kappa shape index (κ3) is 3.56. The molecule has 0 aromatic heterocycles. The van der Waals surface area contributed by atoms with Gasteiger partial charge in [-0.25, -0.2) is 0 Å². The van der Waals surface area contributed by atoms with E-state index in [1.54, 1.807) is 12.2 Å². The zero-order chi connectivity index (χ0) is 14.3. The van der Waals surface area contributed by atoms with Gasteiger partial charge in [0.1, 0.15) is 0 Å². The fourth-order valence-corrected chi connectivity index (χ4v) is 1.95. The van der Waals surface area contributed by atoms with E-state index in [4.69, 9.17) is 0 Å². The second kappa shape index (κ2) is 7.17. The van der Waals surface area contributed by atoms with Crippen molar-refractivity contribution in [3.63, 3.8) is 0 Å². The van der Waals surface area contributed by atoms with E-state index in [1.165, 1.54) is 5.56 Å². The summed E-state index contributed by atoms with van der Waals surface area (Å²) in [7, 11) is 0. The monoisotopic (exact) mass is 248 g/mol. The molecule has 0 fully saturated rings. The molecule has 1 rings (SSSR count). The summed E-state index contributed by atoms with van der Waals surface area (Å²) in [5, 5.41) is 0. The Kier molecular flexibility index (Phi) is 5.56. The van der Waals surface area contributed by atoms with Crippen LogP contribution in [-0.4, -0.2) is 0 Å². The molecule has 0 spiro atoms. The molecule has 1 aromatic carbocycles. The normalized spacial score (nSPS) is 11.8. The molecule has 0 aliphatic heterocycles. The van der Waals surface area contributed by atoms with E-state index in [0.29, 0.717) is 0 Å². The molecule has 0 saturated carbocycles. The minimum atomic E-state index is 1.02. The quantitative estimate of drug-likeness (QED) is 0.583. The smallest absolute Gasteiger partial charge is 0.0105 e.